The predicted molar refractivity (Wildman–Crippen MR) is 124 cm³/mol. The third-order valence-electron chi connectivity index (χ3n) is 5.66. The van der Waals surface area contributed by atoms with E-state index in [4.69, 9.17) is 5.26 Å². The molecule has 3 amide bonds. The normalized spacial score (nSPS) is 16.5. The summed E-state index contributed by atoms with van der Waals surface area (Å²) in [6.45, 7) is 0.0655. The number of nitrogens with zero attached hydrogens (tertiary/aromatic N) is 3. The van der Waals surface area contributed by atoms with Crippen molar-refractivity contribution in [3.8, 4) is 17.2 Å². The summed E-state index contributed by atoms with van der Waals surface area (Å²) < 4.78 is 27.3. The molecule has 1 aliphatic rings. The molecule has 0 radical (unpaired) electrons. The lowest BCUT2D eigenvalue weighted by atomic mass is 10.0. The fourth-order valence-corrected chi connectivity index (χ4v) is 4.02. The SMILES string of the molecule is CC(=O)Nc1ccc(-c2ccc3nccc(C(=O)NCC(=O)N4CC(F)(F)C[C@H]4C#N)c3c2)cc1. The van der Waals surface area contributed by atoms with E-state index < -0.39 is 43.3 Å². The van der Waals surface area contributed by atoms with Crippen LogP contribution in [0.4, 0.5) is 14.5 Å². The van der Waals surface area contributed by atoms with Gasteiger partial charge >= 0.3 is 0 Å². The Morgan fingerprint density at radius 1 is 1.14 bits per heavy atom. The lowest BCUT2D eigenvalue weighted by Crippen LogP contribution is -2.43. The van der Waals surface area contributed by atoms with Crippen LogP contribution in [0.1, 0.15) is 23.7 Å². The average Bonchev–Trinajstić information content (AvgIpc) is 3.16. The third-order valence-corrected chi connectivity index (χ3v) is 5.66. The van der Waals surface area contributed by atoms with Crippen LogP contribution in [0.3, 0.4) is 0 Å². The second-order valence-corrected chi connectivity index (χ2v) is 8.26. The summed E-state index contributed by atoms with van der Waals surface area (Å²) in [5.41, 5.74) is 3.14. The van der Waals surface area contributed by atoms with Crippen LogP contribution >= 0.6 is 0 Å². The number of halogens is 2. The highest BCUT2D eigenvalue weighted by Gasteiger charge is 2.47. The maximum Gasteiger partial charge on any atom is 0.268 e. The van der Waals surface area contributed by atoms with E-state index in [0.717, 1.165) is 16.0 Å². The van der Waals surface area contributed by atoms with Gasteiger partial charge in [0.15, 0.2) is 0 Å². The second kappa shape index (κ2) is 9.46. The van der Waals surface area contributed by atoms with E-state index in [1.807, 2.05) is 18.2 Å². The Kier molecular flexibility index (Phi) is 6.42. The van der Waals surface area contributed by atoms with Gasteiger partial charge in [0.05, 0.1) is 30.2 Å². The van der Waals surface area contributed by atoms with Gasteiger partial charge in [0, 0.05) is 30.6 Å². The van der Waals surface area contributed by atoms with Crippen molar-refractivity contribution in [2.45, 2.75) is 25.3 Å². The van der Waals surface area contributed by atoms with Gasteiger partial charge in [0.1, 0.15) is 6.04 Å². The Bertz CT molecular complexity index is 1350. The number of alkyl halides is 2. The number of anilines is 1. The Balaban J connectivity index is 1.53. The van der Waals surface area contributed by atoms with Crippen LogP contribution in [0.15, 0.2) is 54.7 Å². The summed E-state index contributed by atoms with van der Waals surface area (Å²) in [5, 5.41) is 14.8. The van der Waals surface area contributed by atoms with Gasteiger partial charge in [0.2, 0.25) is 11.8 Å². The minimum absolute atomic E-state index is 0.176. The van der Waals surface area contributed by atoms with Crippen LogP contribution in [0, 0.1) is 11.3 Å². The van der Waals surface area contributed by atoms with Crippen molar-refractivity contribution in [2.75, 3.05) is 18.4 Å². The topological polar surface area (TPSA) is 115 Å². The lowest BCUT2D eigenvalue weighted by Gasteiger charge is -2.19. The molecule has 1 aliphatic heterocycles. The third kappa shape index (κ3) is 5.24. The van der Waals surface area contributed by atoms with Gasteiger partial charge in [-0.15, -0.1) is 0 Å². The Labute approximate surface area is 199 Å². The van der Waals surface area contributed by atoms with E-state index in [1.54, 1.807) is 30.3 Å². The van der Waals surface area contributed by atoms with E-state index in [0.29, 0.717) is 16.6 Å². The molecule has 1 fully saturated rings. The number of nitriles is 1. The molecule has 2 heterocycles. The summed E-state index contributed by atoms with van der Waals surface area (Å²) >= 11 is 0. The molecule has 1 aromatic heterocycles. The molecule has 8 nitrogen and oxygen atoms in total. The number of benzene rings is 2. The van der Waals surface area contributed by atoms with Crippen molar-refractivity contribution in [1.82, 2.24) is 15.2 Å². The molecule has 10 heteroatoms. The molecular weight excluding hydrogens is 456 g/mol. The van der Waals surface area contributed by atoms with E-state index in [-0.39, 0.29) is 11.5 Å². The number of amides is 3. The van der Waals surface area contributed by atoms with Gasteiger partial charge in [-0.2, -0.15) is 5.26 Å². The standard InChI is InChI=1S/C25H21F2N5O3/c1-15(33)31-18-5-2-16(3-6-18)17-4-7-22-21(10-17)20(8-9-29-22)24(35)30-13-23(34)32-14-25(26,27)11-19(32)12-28/h2-10,19H,11,13-14H2,1H3,(H,30,35)(H,31,33)/t19-/m0/s1. The highest BCUT2D eigenvalue weighted by Crippen LogP contribution is 2.31. The number of pyridine rings is 1. The maximum absolute atomic E-state index is 13.6. The minimum Gasteiger partial charge on any atom is -0.343 e. The van der Waals surface area contributed by atoms with Crippen molar-refractivity contribution in [3.05, 3.63) is 60.3 Å². The largest absolute Gasteiger partial charge is 0.343 e. The molecule has 1 saturated heterocycles. The van der Waals surface area contributed by atoms with Gasteiger partial charge in [-0.05, 0) is 41.5 Å². The zero-order valence-electron chi connectivity index (χ0n) is 18.7. The molecule has 35 heavy (non-hydrogen) atoms. The Morgan fingerprint density at radius 2 is 1.86 bits per heavy atom. The van der Waals surface area contributed by atoms with Crippen molar-refractivity contribution >= 4 is 34.3 Å². The number of fused-ring (bicyclic) bond motifs is 1. The van der Waals surface area contributed by atoms with Gasteiger partial charge in [-0.3, -0.25) is 19.4 Å². The van der Waals surface area contributed by atoms with Crippen molar-refractivity contribution in [2.24, 2.45) is 0 Å². The average molecular weight is 477 g/mol. The first-order chi connectivity index (χ1) is 16.7. The second-order valence-electron chi connectivity index (χ2n) is 8.26. The summed E-state index contributed by atoms with van der Waals surface area (Å²) in [6, 6.07) is 14.6. The molecule has 3 aromatic rings. The first-order valence-corrected chi connectivity index (χ1v) is 10.8. The highest BCUT2D eigenvalue weighted by atomic mass is 19.3. The predicted octanol–water partition coefficient (Wildman–Crippen LogP) is 3.35. The number of carbonyl (C=O) groups excluding carboxylic acids is 3. The first kappa shape index (κ1) is 23.8. The number of hydrogen-bond acceptors (Lipinski definition) is 5. The summed E-state index contributed by atoms with van der Waals surface area (Å²) in [5.74, 6) is -4.62. The zero-order chi connectivity index (χ0) is 25.2. The molecule has 0 bridgehead atoms. The van der Waals surface area contributed by atoms with Crippen LogP contribution in [0.5, 0.6) is 0 Å². The number of likely N-dealkylation sites (tertiary alicyclic amines) is 1. The van der Waals surface area contributed by atoms with E-state index >= 15 is 0 Å². The van der Waals surface area contributed by atoms with Crippen molar-refractivity contribution in [3.63, 3.8) is 0 Å². The Hall–Kier alpha value is -4.39. The van der Waals surface area contributed by atoms with Crippen molar-refractivity contribution < 1.29 is 23.2 Å². The molecule has 0 saturated carbocycles. The zero-order valence-corrected chi connectivity index (χ0v) is 18.7. The smallest absolute Gasteiger partial charge is 0.268 e. The van der Waals surface area contributed by atoms with Crippen LogP contribution in [-0.4, -0.2) is 52.7 Å². The monoisotopic (exact) mass is 477 g/mol. The number of hydrogen-bond donors (Lipinski definition) is 2. The highest BCUT2D eigenvalue weighted by molar-refractivity contribution is 6.07. The molecule has 1 atom stereocenters. The van der Waals surface area contributed by atoms with E-state index in [2.05, 4.69) is 15.6 Å². The van der Waals surface area contributed by atoms with Gasteiger partial charge < -0.3 is 15.5 Å². The minimum atomic E-state index is -3.13. The summed E-state index contributed by atoms with van der Waals surface area (Å²) in [6.07, 6.45) is 0.750. The van der Waals surface area contributed by atoms with Crippen LogP contribution in [0.2, 0.25) is 0 Å². The fraction of sp³-hybridized carbons (Fsp3) is 0.240. The van der Waals surface area contributed by atoms with Crippen LogP contribution in [-0.2, 0) is 9.59 Å². The molecule has 2 N–H and O–H groups in total. The molecule has 4 rings (SSSR count). The quantitative estimate of drug-likeness (QED) is 0.585. The first-order valence-electron chi connectivity index (χ1n) is 10.8. The molecule has 0 unspecified atom stereocenters. The molecule has 2 aromatic carbocycles. The fourth-order valence-electron chi connectivity index (χ4n) is 4.02. The molecule has 0 aliphatic carbocycles. The van der Waals surface area contributed by atoms with Crippen molar-refractivity contribution in [1.29, 1.82) is 5.26 Å². The molecular formula is C25H21F2N5O3. The van der Waals surface area contributed by atoms with Gasteiger partial charge in [-0.1, -0.05) is 18.2 Å². The lowest BCUT2D eigenvalue weighted by molar-refractivity contribution is -0.131. The summed E-state index contributed by atoms with van der Waals surface area (Å²) in [7, 11) is 0. The maximum atomic E-state index is 13.6. The van der Waals surface area contributed by atoms with Crippen LogP contribution in [0.25, 0.3) is 22.0 Å². The summed E-state index contributed by atoms with van der Waals surface area (Å²) in [4.78, 5) is 41.6. The number of nitrogens with one attached hydrogen (secondary N) is 2. The van der Waals surface area contributed by atoms with Gasteiger partial charge in [0.25, 0.3) is 11.8 Å². The number of aromatic nitrogens is 1. The Morgan fingerprint density at radius 3 is 2.54 bits per heavy atom. The molecule has 0 spiro atoms. The van der Waals surface area contributed by atoms with E-state index in [1.165, 1.54) is 19.2 Å². The van der Waals surface area contributed by atoms with Crippen LogP contribution < -0.4 is 10.6 Å². The molecule has 178 valence electrons. The van der Waals surface area contributed by atoms with Gasteiger partial charge in [-0.25, -0.2) is 8.78 Å². The van der Waals surface area contributed by atoms with E-state index in [9.17, 15) is 23.2 Å². The number of rotatable bonds is 5. The number of carbonyl (C=O) groups is 3.